The van der Waals surface area contributed by atoms with Gasteiger partial charge in [0.05, 0.1) is 0 Å². The maximum Gasteiger partial charge on any atom is 0.339 e. The minimum atomic E-state index is -0.506. The molecule has 3 rings (SSSR count). The van der Waals surface area contributed by atoms with Gasteiger partial charge in [0.15, 0.2) is 0 Å². The molecule has 8 heteroatoms. The minimum absolute atomic E-state index is 0.0271. The van der Waals surface area contributed by atoms with E-state index in [1.807, 2.05) is 0 Å². The average Bonchev–Trinajstić information content (AvgIpc) is 2.99. The highest BCUT2D eigenvalue weighted by atomic mass is 16.4. The van der Waals surface area contributed by atoms with Gasteiger partial charge >= 0.3 is 5.63 Å². The molecule has 8 nitrogen and oxygen atoms in total. The van der Waals surface area contributed by atoms with E-state index in [1.165, 1.54) is 18.5 Å². The molecule has 0 fully saturated rings. The van der Waals surface area contributed by atoms with Crippen molar-refractivity contribution >= 4 is 22.8 Å². The summed E-state index contributed by atoms with van der Waals surface area (Å²) in [6.07, 6.45) is 1.63. The number of carbonyl (C=O) groups is 1. The van der Waals surface area contributed by atoms with E-state index >= 15 is 0 Å². The number of hydrogen-bond donors (Lipinski definition) is 3. The summed E-state index contributed by atoms with van der Waals surface area (Å²) in [4.78, 5) is 27.7. The highest BCUT2D eigenvalue weighted by molar-refractivity contribution is 5.89. The Balaban J connectivity index is 1.81. The third kappa shape index (κ3) is 3.05. The second-order valence-corrected chi connectivity index (χ2v) is 5.06. The van der Waals surface area contributed by atoms with Gasteiger partial charge in [-0.15, -0.1) is 0 Å². The van der Waals surface area contributed by atoms with Crippen molar-refractivity contribution in [2.75, 3.05) is 5.32 Å². The van der Waals surface area contributed by atoms with Gasteiger partial charge in [0.1, 0.15) is 17.7 Å². The van der Waals surface area contributed by atoms with Gasteiger partial charge < -0.3 is 9.52 Å². The molecule has 1 amide bonds. The molecule has 0 radical (unpaired) electrons. The summed E-state index contributed by atoms with van der Waals surface area (Å²) >= 11 is 0. The van der Waals surface area contributed by atoms with Crippen LogP contribution in [0.25, 0.3) is 11.0 Å². The molecule has 0 unspecified atom stereocenters. The standard InChI is InChI=1S/C15H14N4O4/c1-8-10-3-2-9(20)6-12(10)23-14(22)11(8)4-5-13(21)18-15-16-7-17-19-15/h2-3,6-7,20H,4-5H2,1H3,(H2,16,17,18,19,21). The first-order valence-corrected chi connectivity index (χ1v) is 6.95. The summed E-state index contributed by atoms with van der Waals surface area (Å²) in [5.74, 6) is -0.00155. The number of H-pyrrole nitrogens is 1. The quantitative estimate of drug-likeness (QED) is 0.627. The fraction of sp³-hybridized carbons (Fsp3) is 0.200. The number of fused-ring (bicyclic) bond motifs is 1. The van der Waals surface area contributed by atoms with E-state index in [-0.39, 0.29) is 30.4 Å². The van der Waals surface area contributed by atoms with Gasteiger partial charge in [-0.1, -0.05) is 0 Å². The van der Waals surface area contributed by atoms with E-state index in [0.717, 1.165) is 10.9 Å². The number of benzene rings is 1. The van der Waals surface area contributed by atoms with Crippen molar-refractivity contribution < 1.29 is 14.3 Å². The van der Waals surface area contributed by atoms with Crippen LogP contribution in [-0.4, -0.2) is 26.2 Å². The highest BCUT2D eigenvalue weighted by Gasteiger charge is 2.14. The minimum Gasteiger partial charge on any atom is -0.508 e. The van der Waals surface area contributed by atoms with Crippen LogP contribution in [0.1, 0.15) is 17.5 Å². The maximum absolute atomic E-state index is 12.1. The normalized spacial score (nSPS) is 10.8. The van der Waals surface area contributed by atoms with Gasteiger partial charge in [-0.3, -0.25) is 10.1 Å². The number of amides is 1. The Hall–Kier alpha value is -3.16. The van der Waals surface area contributed by atoms with Crippen LogP contribution in [0.5, 0.6) is 5.75 Å². The number of nitrogens with zero attached hydrogens (tertiary/aromatic N) is 2. The number of aryl methyl sites for hydroxylation is 1. The van der Waals surface area contributed by atoms with Gasteiger partial charge in [-0.25, -0.2) is 9.89 Å². The molecule has 2 aromatic heterocycles. The zero-order chi connectivity index (χ0) is 16.4. The molecule has 23 heavy (non-hydrogen) atoms. The molecule has 0 aliphatic carbocycles. The van der Waals surface area contributed by atoms with Crippen molar-refractivity contribution in [2.45, 2.75) is 19.8 Å². The van der Waals surface area contributed by atoms with Gasteiger partial charge in [-0.05, 0) is 31.0 Å². The highest BCUT2D eigenvalue weighted by Crippen LogP contribution is 2.23. The van der Waals surface area contributed by atoms with Crippen LogP contribution < -0.4 is 10.9 Å². The van der Waals surface area contributed by atoms with Crippen molar-refractivity contribution in [2.24, 2.45) is 0 Å². The molecule has 3 aromatic rings. The molecule has 0 aliphatic rings. The molecule has 118 valence electrons. The molecule has 0 saturated carbocycles. The molecule has 2 heterocycles. The number of aromatic hydroxyl groups is 1. The fourth-order valence-corrected chi connectivity index (χ4v) is 2.37. The molecular formula is C15H14N4O4. The SMILES string of the molecule is Cc1c(CCC(=O)Nc2ncn[nH]2)c(=O)oc2cc(O)ccc12. The van der Waals surface area contributed by atoms with Crippen LogP contribution >= 0.6 is 0 Å². The Kier molecular flexibility index (Phi) is 3.80. The second kappa shape index (κ2) is 5.91. The lowest BCUT2D eigenvalue weighted by Crippen LogP contribution is -2.17. The number of anilines is 1. The first-order valence-electron chi connectivity index (χ1n) is 6.95. The Morgan fingerprint density at radius 3 is 3.00 bits per heavy atom. The van der Waals surface area contributed by atoms with Crippen molar-refractivity contribution in [3.8, 4) is 5.75 Å². The van der Waals surface area contributed by atoms with E-state index in [0.29, 0.717) is 11.1 Å². The topological polar surface area (TPSA) is 121 Å². The van der Waals surface area contributed by atoms with Crippen LogP contribution in [0.2, 0.25) is 0 Å². The van der Waals surface area contributed by atoms with E-state index in [2.05, 4.69) is 20.5 Å². The van der Waals surface area contributed by atoms with Crippen molar-refractivity contribution in [3.05, 3.63) is 46.1 Å². The summed E-state index contributed by atoms with van der Waals surface area (Å²) < 4.78 is 5.22. The fourth-order valence-electron chi connectivity index (χ4n) is 2.37. The number of phenols is 1. The Bertz CT molecular complexity index is 915. The maximum atomic E-state index is 12.1. The molecule has 0 aliphatic heterocycles. The lowest BCUT2D eigenvalue weighted by atomic mass is 10.0. The zero-order valence-corrected chi connectivity index (χ0v) is 12.3. The number of phenolic OH excluding ortho intramolecular Hbond substituents is 1. The largest absolute Gasteiger partial charge is 0.508 e. The predicted molar refractivity (Wildman–Crippen MR) is 82.2 cm³/mol. The van der Waals surface area contributed by atoms with Crippen molar-refractivity contribution in [1.82, 2.24) is 15.2 Å². The van der Waals surface area contributed by atoms with Crippen LogP contribution in [0.15, 0.2) is 33.7 Å². The molecule has 0 bridgehead atoms. The number of rotatable bonds is 4. The van der Waals surface area contributed by atoms with E-state index < -0.39 is 5.63 Å². The smallest absolute Gasteiger partial charge is 0.339 e. The van der Waals surface area contributed by atoms with Gasteiger partial charge in [0, 0.05) is 23.4 Å². The van der Waals surface area contributed by atoms with Gasteiger partial charge in [0.25, 0.3) is 0 Å². The lowest BCUT2D eigenvalue weighted by molar-refractivity contribution is -0.116. The Morgan fingerprint density at radius 2 is 2.26 bits per heavy atom. The molecular weight excluding hydrogens is 300 g/mol. The second-order valence-electron chi connectivity index (χ2n) is 5.06. The monoisotopic (exact) mass is 314 g/mol. The molecule has 0 atom stereocenters. The number of aromatic nitrogens is 3. The molecule has 1 aromatic carbocycles. The average molecular weight is 314 g/mol. The van der Waals surface area contributed by atoms with Crippen LogP contribution in [0, 0.1) is 6.92 Å². The lowest BCUT2D eigenvalue weighted by Gasteiger charge is -2.07. The first-order chi connectivity index (χ1) is 11.0. The Labute approximate surface area is 130 Å². The first kappa shape index (κ1) is 14.8. The van der Waals surface area contributed by atoms with Crippen LogP contribution in [-0.2, 0) is 11.2 Å². The summed E-state index contributed by atoms with van der Waals surface area (Å²) in [7, 11) is 0. The third-order valence-corrected chi connectivity index (χ3v) is 3.55. The summed E-state index contributed by atoms with van der Waals surface area (Å²) in [5.41, 5.74) is 0.995. The Morgan fingerprint density at radius 1 is 1.43 bits per heavy atom. The van der Waals surface area contributed by atoms with E-state index in [4.69, 9.17) is 4.42 Å². The predicted octanol–water partition coefficient (Wildman–Crippen LogP) is 1.50. The summed E-state index contributed by atoms with van der Waals surface area (Å²) in [6.45, 7) is 1.79. The zero-order valence-electron chi connectivity index (χ0n) is 12.3. The van der Waals surface area contributed by atoms with Gasteiger partial charge in [0.2, 0.25) is 11.9 Å². The number of carbonyl (C=O) groups excluding carboxylic acids is 1. The molecule has 0 saturated heterocycles. The summed E-state index contributed by atoms with van der Waals surface area (Å²) in [5, 5.41) is 18.9. The van der Waals surface area contributed by atoms with Crippen molar-refractivity contribution in [1.29, 1.82) is 0 Å². The number of nitrogens with one attached hydrogen (secondary N) is 2. The van der Waals surface area contributed by atoms with E-state index in [1.54, 1.807) is 13.0 Å². The number of aromatic amines is 1. The summed E-state index contributed by atoms with van der Waals surface area (Å²) in [6, 6.07) is 4.60. The van der Waals surface area contributed by atoms with Crippen LogP contribution in [0.3, 0.4) is 0 Å². The van der Waals surface area contributed by atoms with Crippen molar-refractivity contribution in [3.63, 3.8) is 0 Å². The molecule has 3 N–H and O–H groups in total. The molecule has 0 spiro atoms. The van der Waals surface area contributed by atoms with Gasteiger partial charge in [-0.2, -0.15) is 10.1 Å². The van der Waals surface area contributed by atoms with Crippen LogP contribution in [0.4, 0.5) is 5.95 Å². The number of hydrogen-bond acceptors (Lipinski definition) is 6. The third-order valence-electron chi connectivity index (χ3n) is 3.55. The van der Waals surface area contributed by atoms with E-state index in [9.17, 15) is 14.7 Å².